The molecule has 7 heteroatoms. The van der Waals surface area contributed by atoms with Crippen LogP contribution in [0.3, 0.4) is 0 Å². The van der Waals surface area contributed by atoms with E-state index in [9.17, 15) is 14.4 Å². The van der Waals surface area contributed by atoms with Crippen molar-refractivity contribution in [2.24, 2.45) is 0 Å². The molecule has 0 atom stereocenters. The van der Waals surface area contributed by atoms with Crippen molar-refractivity contribution in [3.8, 4) is 0 Å². The first-order valence-corrected chi connectivity index (χ1v) is 9.00. The summed E-state index contributed by atoms with van der Waals surface area (Å²) in [4.78, 5) is 33.1. The Hall–Kier alpha value is -1.89. The Balaban J connectivity index is 4.42. The predicted octanol–water partition coefficient (Wildman–Crippen LogP) is 3.10. The van der Waals surface area contributed by atoms with E-state index in [4.69, 9.17) is 15.3 Å². The second kappa shape index (κ2) is 13.4. The molecule has 0 unspecified atom stereocenters. The second-order valence-corrected chi connectivity index (χ2v) is 6.52. The number of rotatable bonds is 16. The van der Waals surface area contributed by atoms with Gasteiger partial charge in [-0.15, -0.1) is 0 Å². The van der Waals surface area contributed by atoms with Crippen molar-refractivity contribution in [3.05, 3.63) is 12.3 Å². The van der Waals surface area contributed by atoms with Gasteiger partial charge in [0.15, 0.2) is 19.6 Å². The molecule has 144 valence electrons. The molecule has 0 aliphatic heterocycles. The lowest BCUT2D eigenvalue weighted by atomic mass is 10.1. The Bertz CT molecular complexity index is 406. The highest BCUT2D eigenvalue weighted by Crippen LogP contribution is 2.12. The summed E-state index contributed by atoms with van der Waals surface area (Å²) in [6.07, 6.45) is 13.2. The number of quaternary nitrogens is 1. The molecule has 3 N–H and O–H groups in total. The summed E-state index contributed by atoms with van der Waals surface area (Å²) in [5, 5.41) is 27.0. The van der Waals surface area contributed by atoms with Crippen LogP contribution in [0.4, 0.5) is 0 Å². The van der Waals surface area contributed by atoms with Gasteiger partial charge in [0, 0.05) is 0 Å². The predicted molar refractivity (Wildman–Crippen MR) is 94.1 cm³/mol. The van der Waals surface area contributed by atoms with Gasteiger partial charge in [0.05, 0.1) is 6.20 Å². The van der Waals surface area contributed by atoms with Crippen molar-refractivity contribution >= 4 is 17.9 Å². The summed E-state index contributed by atoms with van der Waals surface area (Å²) in [5.41, 5.74) is 0. The second-order valence-electron chi connectivity index (χ2n) is 6.52. The minimum absolute atomic E-state index is 0.563. The summed E-state index contributed by atoms with van der Waals surface area (Å²) < 4.78 is -0.614. The van der Waals surface area contributed by atoms with Gasteiger partial charge in [-0.1, -0.05) is 51.9 Å². The van der Waals surface area contributed by atoms with Gasteiger partial charge in [-0.2, -0.15) is 0 Å². The van der Waals surface area contributed by atoms with Crippen LogP contribution in [0.5, 0.6) is 0 Å². The van der Waals surface area contributed by atoms with Crippen LogP contribution in [-0.4, -0.2) is 57.3 Å². The zero-order valence-corrected chi connectivity index (χ0v) is 15.2. The van der Waals surface area contributed by atoms with Gasteiger partial charge in [-0.25, -0.2) is 14.4 Å². The molecular weight excluding hydrogens is 326 g/mol. The van der Waals surface area contributed by atoms with Gasteiger partial charge in [0.1, 0.15) is 0 Å². The first-order chi connectivity index (χ1) is 11.8. The first-order valence-electron chi connectivity index (χ1n) is 9.00. The van der Waals surface area contributed by atoms with E-state index in [0.717, 1.165) is 19.3 Å². The molecule has 7 nitrogen and oxygen atoms in total. The van der Waals surface area contributed by atoms with Gasteiger partial charge < -0.3 is 15.3 Å². The number of unbranched alkanes of at least 4 members (excludes halogenated alkanes) is 8. The molecule has 0 saturated carbocycles. The van der Waals surface area contributed by atoms with Gasteiger partial charge in [0.2, 0.25) is 0 Å². The van der Waals surface area contributed by atoms with Crippen LogP contribution in [0.2, 0.25) is 0 Å². The third-order valence-corrected chi connectivity index (χ3v) is 4.00. The maximum Gasteiger partial charge on any atom is 0.359 e. The first kappa shape index (κ1) is 23.1. The van der Waals surface area contributed by atoms with Crippen LogP contribution in [0.15, 0.2) is 12.3 Å². The molecule has 0 aliphatic rings. The molecule has 0 rings (SSSR count). The molecule has 25 heavy (non-hydrogen) atoms. The molecule has 0 spiro atoms. The van der Waals surface area contributed by atoms with Crippen molar-refractivity contribution in [3.63, 3.8) is 0 Å². The van der Waals surface area contributed by atoms with E-state index in [-0.39, 0.29) is 0 Å². The number of hydrogen-bond acceptors (Lipinski definition) is 3. The lowest BCUT2D eigenvalue weighted by Crippen LogP contribution is -2.52. The average molecular weight is 358 g/mol. The summed E-state index contributed by atoms with van der Waals surface area (Å²) in [6.45, 7) is 0.496. The SMILES string of the molecule is CCCCCCCCCC/C=C/[N+](CC(=O)O)(CC(=O)O)CC(=O)O. The number of carboxylic acid groups (broad SMARTS) is 3. The largest absolute Gasteiger partial charge is 0.477 e. The van der Waals surface area contributed by atoms with E-state index in [1.807, 2.05) is 0 Å². The molecule has 0 bridgehead atoms. The fraction of sp³-hybridized carbons (Fsp3) is 0.722. The molecule has 0 aromatic carbocycles. The number of hydrogen-bond donors (Lipinski definition) is 3. The van der Waals surface area contributed by atoms with Crippen molar-refractivity contribution in [1.29, 1.82) is 0 Å². The zero-order valence-electron chi connectivity index (χ0n) is 15.2. The van der Waals surface area contributed by atoms with Crippen LogP contribution in [-0.2, 0) is 14.4 Å². The van der Waals surface area contributed by atoms with Crippen molar-refractivity contribution in [1.82, 2.24) is 0 Å². The highest BCUT2D eigenvalue weighted by atomic mass is 16.4. The maximum atomic E-state index is 11.0. The molecule has 0 heterocycles. The number of carbonyl (C=O) groups is 3. The maximum absolute atomic E-state index is 11.0. The van der Waals surface area contributed by atoms with Crippen LogP contribution < -0.4 is 0 Å². The van der Waals surface area contributed by atoms with E-state index >= 15 is 0 Å². The Morgan fingerprint density at radius 3 is 1.52 bits per heavy atom. The summed E-state index contributed by atoms with van der Waals surface area (Å²) in [6, 6.07) is 0. The number of carboxylic acids is 3. The Morgan fingerprint density at radius 2 is 1.12 bits per heavy atom. The molecular formula is C18H32NO6+. The molecule has 0 aromatic heterocycles. The summed E-state index contributed by atoms with van der Waals surface area (Å²) >= 11 is 0. The minimum atomic E-state index is -1.22. The monoisotopic (exact) mass is 358 g/mol. The number of nitrogens with zero attached hydrogens (tertiary/aromatic N) is 1. The number of aliphatic carboxylic acids is 3. The van der Waals surface area contributed by atoms with Crippen LogP contribution in [0, 0.1) is 0 Å². The fourth-order valence-corrected chi connectivity index (χ4v) is 2.83. The molecule has 0 radical (unpaired) electrons. The molecule has 0 aliphatic carbocycles. The van der Waals surface area contributed by atoms with E-state index in [0.29, 0.717) is 6.42 Å². The Morgan fingerprint density at radius 1 is 0.720 bits per heavy atom. The third kappa shape index (κ3) is 13.1. The Labute approximate surface area is 149 Å². The van der Waals surface area contributed by atoms with Crippen LogP contribution in [0.25, 0.3) is 0 Å². The lowest BCUT2D eigenvalue weighted by Gasteiger charge is -2.29. The standard InChI is InChI=1S/C18H31NO6/c1-2-3-4-5-6-7-8-9-10-11-12-19(13-16(20)21,14-17(22)23)15-18(24)25/h11-12H,2-10,13-15H2,1H3,(H2-,20,21,22,23,24,25)/p+1/b12-11+. The molecule has 0 aromatic rings. The Kier molecular flexibility index (Phi) is 12.4. The third-order valence-electron chi connectivity index (χ3n) is 4.00. The van der Waals surface area contributed by atoms with Gasteiger partial charge in [-0.3, -0.25) is 4.48 Å². The van der Waals surface area contributed by atoms with Gasteiger partial charge in [0.25, 0.3) is 0 Å². The molecule has 0 amide bonds. The normalized spacial score (nSPS) is 11.7. The summed E-state index contributed by atoms with van der Waals surface area (Å²) in [5.74, 6) is -3.67. The van der Waals surface area contributed by atoms with Crippen LogP contribution in [0.1, 0.15) is 64.7 Å². The van der Waals surface area contributed by atoms with Crippen molar-refractivity contribution < 1.29 is 34.2 Å². The fourth-order valence-electron chi connectivity index (χ4n) is 2.83. The highest BCUT2D eigenvalue weighted by Gasteiger charge is 2.34. The summed E-state index contributed by atoms with van der Waals surface area (Å²) in [7, 11) is 0. The topological polar surface area (TPSA) is 112 Å². The quantitative estimate of drug-likeness (QED) is 0.289. The molecule has 0 fully saturated rings. The van der Waals surface area contributed by atoms with E-state index < -0.39 is 42.0 Å². The average Bonchev–Trinajstić information content (AvgIpc) is 2.47. The van der Waals surface area contributed by atoms with Gasteiger partial charge in [-0.05, 0) is 18.9 Å². The lowest BCUT2D eigenvalue weighted by molar-refractivity contribution is -0.857. The highest BCUT2D eigenvalue weighted by molar-refractivity contribution is 5.73. The van der Waals surface area contributed by atoms with E-state index in [1.54, 1.807) is 6.08 Å². The van der Waals surface area contributed by atoms with E-state index in [1.165, 1.54) is 38.3 Å². The van der Waals surface area contributed by atoms with Gasteiger partial charge >= 0.3 is 17.9 Å². The van der Waals surface area contributed by atoms with E-state index in [2.05, 4.69) is 6.92 Å². The minimum Gasteiger partial charge on any atom is -0.477 e. The molecule has 0 saturated heterocycles. The van der Waals surface area contributed by atoms with Crippen molar-refractivity contribution in [2.45, 2.75) is 64.7 Å². The van der Waals surface area contributed by atoms with Crippen molar-refractivity contribution in [2.75, 3.05) is 19.6 Å². The number of allylic oxidation sites excluding steroid dienone is 1. The smallest absolute Gasteiger partial charge is 0.359 e. The van der Waals surface area contributed by atoms with Crippen LogP contribution >= 0.6 is 0 Å². The zero-order chi connectivity index (χ0) is 19.1.